The Labute approximate surface area is 148 Å². The van der Waals surface area contributed by atoms with Crippen molar-refractivity contribution in [1.29, 1.82) is 0 Å². The average Bonchev–Trinajstić information content (AvgIpc) is 3.03. The fourth-order valence-electron chi connectivity index (χ4n) is 2.44. The molecule has 1 fully saturated rings. The van der Waals surface area contributed by atoms with Crippen LogP contribution in [0.2, 0.25) is 0 Å². The highest BCUT2D eigenvalue weighted by atomic mass is 31.1. The number of ether oxygens (including phenoxy) is 1. The first-order valence-electron chi connectivity index (χ1n) is 7.68. The minimum Gasteiger partial charge on any atom is -0.319 e. The van der Waals surface area contributed by atoms with Crippen molar-refractivity contribution in [1.82, 2.24) is 9.55 Å². The number of aromatic nitrogens is 2. The molecule has 2 N–H and O–H groups in total. The van der Waals surface area contributed by atoms with Crippen LogP contribution >= 0.6 is 8.25 Å². The molecule has 0 radical (unpaired) electrons. The van der Waals surface area contributed by atoms with Gasteiger partial charge in [0.25, 0.3) is 0 Å². The highest BCUT2D eigenvalue weighted by Crippen LogP contribution is 2.39. The summed E-state index contributed by atoms with van der Waals surface area (Å²) in [5.41, 5.74) is 1.04. The van der Waals surface area contributed by atoms with Crippen molar-refractivity contribution in [3.63, 3.8) is 0 Å². The van der Waals surface area contributed by atoms with Crippen LogP contribution in [-0.4, -0.2) is 27.2 Å². The van der Waals surface area contributed by atoms with Gasteiger partial charge in [-0.2, -0.15) is 4.98 Å². The molecule has 2 heterocycles. The molecule has 0 amide bonds. The van der Waals surface area contributed by atoms with Crippen LogP contribution < -0.4 is 15.7 Å². The van der Waals surface area contributed by atoms with E-state index in [1.165, 1.54) is 12.3 Å². The Balaban J connectivity index is 1.57. The Morgan fingerprint density at radius 2 is 2.19 bits per heavy atom. The number of nitrogens with one attached hydrogen (secondary N) is 1. The Morgan fingerprint density at radius 1 is 1.42 bits per heavy atom. The molecule has 0 spiro atoms. The predicted octanol–water partition coefficient (Wildman–Crippen LogP) is 2.77. The van der Waals surface area contributed by atoms with Crippen LogP contribution in [-0.2, 0) is 13.8 Å². The van der Waals surface area contributed by atoms with Crippen LogP contribution in [0.1, 0.15) is 19.1 Å². The maximum Gasteiger partial charge on any atom is 0.750 e. The summed E-state index contributed by atoms with van der Waals surface area (Å²) in [6.07, 6.45) is 0.580. The van der Waals surface area contributed by atoms with E-state index in [1.54, 1.807) is 35.8 Å². The number of anilines is 1. The Hall–Kier alpha value is -2.39. The second-order valence-electron chi connectivity index (χ2n) is 5.51. The molecular formula is C15H16FN3O6P+. The Morgan fingerprint density at radius 3 is 2.88 bits per heavy atom. The van der Waals surface area contributed by atoms with Crippen molar-refractivity contribution in [3.8, 4) is 5.75 Å². The van der Waals surface area contributed by atoms with Crippen molar-refractivity contribution in [2.75, 3.05) is 12.1 Å². The average molecular weight is 384 g/mol. The molecule has 3 atom stereocenters. The molecule has 1 saturated heterocycles. The van der Waals surface area contributed by atoms with Gasteiger partial charge in [-0.25, -0.2) is 13.7 Å². The lowest BCUT2D eigenvalue weighted by Gasteiger charge is -2.18. The molecule has 26 heavy (non-hydrogen) atoms. The lowest BCUT2D eigenvalue weighted by atomic mass is 10.2. The molecule has 138 valence electrons. The molecule has 0 bridgehead atoms. The van der Waals surface area contributed by atoms with E-state index in [9.17, 15) is 13.8 Å². The SMILES string of the molecule is O=c1nc(NO)ccn1[C@H]1CC[C@@](F)(CO[P+](=O)Oc2ccccc2)O1. The van der Waals surface area contributed by atoms with Gasteiger partial charge in [0, 0.05) is 17.2 Å². The molecule has 0 saturated carbocycles. The van der Waals surface area contributed by atoms with E-state index in [0.29, 0.717) is 5.75 Å². The maximum atomic E-state index is 14.7. The summed E-state index contributed by atoms with van der Waals surface area (Å²) in [4.78, 5) is 15.4. The highest BCUT2D eigenvalue weighted by Gasteiger charge is 2.45. The predicted molar refractivity (Wildman–Crippen MR) is 87.7 cm³/mol. The van der Waals surface area contributed by atoms with Crippen molar-refractivity contribution in [2.24, 2.45) is 0 Å². The number of alkyl halides is 1. The van der Waals surface area contributed by atoms with Crippen LogP contribution in [0.3, 0.4) is 0 Å². The largest absolute Gasteiger partial charge is 0.750 e. The first-order valence-corrected chi connectivity index (χ1v) is 8.78. The van der Waals surface area contributed by atoms with Crippen LogP contribution in [0.4, 0.5) is 10.2 Å². The van der Waals surface area contributed by atoms with E-state index in [0.717, 1.165) is 4.57 Å². The van der Waals surface area contributed by atoms with Gasteiger partial charge < -0.3 is 4.74 Å². The number of para-hydroxylation sites is 1. The van der Waals surface area contributed by atoms with Gasteiger partial charge in [-0.05, 0) is 24.6 Å². The molecule has 2 aromatic rings. The van der Waals surface area contributed by atoms with Crippen molar-refractivity contribution >= 4 is 14.1 Å². The van der Waals surface area contributed by atoms with E-state index in [1.807, 2.05) is 0 Å². The minimum absolute atomic E-state index is 0.0332. The summed E-state index contributed by atoms with van der Waals surface area (Å²) >= 11 is 0. The highest BCUT2D eigenvalue weighted by molar-refractivity contribution is 7.33. The molecule has 1 aliphatic rings. The molecule has 1 aliphatic heterocycles. The number of hydrogen-bond acceptors (Lipinski definition) is 8. The molecule has 3 rings (SSSR count). The maximum absolute atomic E-state index is 14.7. The molecular weight excluding hydrogens is 368 g/mol. The fraction of sp³-hybridized carbons (Fsp3) is 0.333. The van der Waals surface area contributed by atoms with Gasteiger partial charge in [0.15, 0.2) is 18.2 Å². The topological polar surface area (TPSA) is 112 Å². The van der Waals surface area contributed by atoms with E-state index < -0.39 is 32.6 Å². The monoisotopic (exact) mass is 384 g/mol. The summed E-state index contributed by atoms with van der Waals surface area (Å²) in [6.45, 7) is -0.607. The lowest BCUT2D eigenvalue weighted by molar-refractivity contribution is -0.172. The number of halogens is 1. The zero-order valence-electron chi connectivity index (χ0n) is 13.4. The van der Waals surface area contributed by atoms with Crippen molar-refractivity contribution in [3.05, 3.63) is 53.1 Å². The van der Waals surface area contributed by atoms with E-state index in [-0.39, 0.29) is 18.7 Å². The quantitative estimate of drug-likeness (QED) is 0.554. The van der Waals surface area contributed by atoms with E-state index >= 15 is 0 Å². The van der Waals surface area contributed by atoms with Gasteiger partial charge in [0.05, 0.1) is 0 Å². The molecule has 11 heteroatoms. The van der Waals surface area contributed by atoms with Crippen molar-refractivity contribution < 1.29 is 27.9 Å². The fourth-order valence-corrected chi connectivity index (χ4v) is 3.08. The molecule has 1 unspecified atom stereocenters. The third kappa shape index (κ3) is 4.41. The molecule has 1 aromatic heterocycles. The molecule has 9 nitrogen and oxygen atoms in total. The standard InChI is InChI=1S/C15H15FN3O6P/c16-15(10-23-26(22)25-11-4-2-1-3-5-11)8-6-13(24-15)19-9-7-12(18-21)17-14(19)20/h1-5,7,9,13H,6,8,10H2,(H-,17,18,20,21)/p+1/t13-,15+/m1/s1. The first kappa shape index (κ1) is 18.4. The number of benzene rings is 1. The second-order valence-corrected chi connectivity index (χ2v) is 6.40. The number of nitrogens with zero attached hydrogens (tertiary/aromatic N) is 2. The molecule has 0 aliphatic carbocycles. The zero-order chi connectivity index (χ0) is 18.6. The summed E-state index contributed by atoms with van der Waals surface area (Å²) in [6, 6.07) is 9.68. The van der Waals surface area contributed by atoms with E-state index in [4.69, 9.17) is 19.0 Å². The summed E-state index contributed by atoms with van der Waals surface area (Å²) in [5, 5.41) is 8.72. The Kier molecular flexibility index (Phi) is 5.58. The van der Waals surface area contributed by atoms with Crippen LogP contribution in [0.25, 0.3) is 0 Å². The normalized spacial score (nSPS) is 22.8. The van der Waals surface area contributed by atoms with Gasteiger partial charge >= 0.3 is 13.9 Å². The lowest BCUT2D eigenvalue weighted by Crippen LogP contribution is -2.31. The van der Waals surface area contributed by atoms with Gasteiger partial charge in [0.1, 0.15) is 6.23 Å². The zero-order valence-corrected chi connectivity index (χ0v) is 14.3. The smallest absolute Gasteiger partial charge is 0.319 e. The second kappa shape index (κ2) is 7.88. The first-order chi connectivity index (χ1) is 12.5. The van der Waals surface area contributed by atoms with Crippen LogP contribution in [0.5, 0.6) is 5.75 Å². The third-order valence-corrected chi connectivity index (χ3v) is 4.38. The van der Waals surface area contributed by atoms with E-state index in [2.05, 4.69) is 4.98 Å². The van der Waals surface area contributed by atoms with Gasteiger partial charge in [-0.1, -0.05) is 18.2 Å². The Bertz CT molecular complexity index is 836. The van der Waals surface area contributed by atoms with Crippen LogP contribution in [0, 0.1) is 0 Å². The van der Waals surface area contributed by atoms with Gasteiger partial charge in [-0.15, -0.1) is 4.52 Å². The van der Waals surface area contributed by atoms with Gasteiger partial charge in [-0.3, -0.25) is 15.3 Å². The third-order valence-electron chi connectivity index (χ3n) is 3.68. The van der Waals surface area contributed by atoms with Crippen LogP contribution in [0.15, 0.2) is 47.4 Å². The van der Waals surface area contributed by atoms with Gasteiger partial charge in [0.2, 0.25) is 5.85 Å². The number of rotatable bonds is 7. The summed E-state index contributed by atoms with van der Waals surface area (Å²) in [5.74, 6) is -1.90. The summed E-state index contributed by atoms with van der Waals surface area (Å²) < 4.78 is 42.8. The summed E-state index contributed by atoms with van der Waals surface area (Å²) in [7, 11) is -2.57. The molecule has 1 aromatic carbocycles. The minimum atomic E-state index is -2.57. The van der Waals surface area contributed by atoms with Crippen molar-refractivity contribution in [2.45, 2.75) is 24.9 Å². The number of hydrogen-bond donors (Lipinski definition) is 2.